The number of hydrogen-bond acceptors (Lipinski definition) is 4. The standard InChI is InChI=1S/C10H17N3O3/c1-3-16-9(15)7-4-5-10(2,12-13-11)8(14)6-7/h7-8,14H,3-6H2,1-2H3/t7-,8+,10+/m0/s1. The summed E-state index contributed by atoms with van der Waals surface area (Å²) >= 11 is 0. The van der Waals surface area contributed by atoms with E-state index < -0.39 is 11.6 Å². The Bertz CT molecular complexity index is 314. The minimum absolute atomic E-state index is 0.274. The number of rotatable bonds is 3. The average Bonchev–Trinajstić information content (AvgIpc) is 2.23. The fourth-order valence-corrected chi connectivity index (χ4v) is 1.97. The van der Waals surface area contributed by atoms with Gasteiger partial charge < -0.3 is 9.84 Å². The molecule has 0 unspecified atom stereocenters. The summed E-state index contributed by atoms with van der Waals surface area (Å²) in [7, 11) is 0. The summed E-state index contributed by atoms with van der Waals surface area (Å²) in [6.45, 7) is 3.80. The van der Waals surface area contributed by atoms with E-state index in [-0.39, 0.29) is 11.9 Å². The molecule has 1 aliphatic rings. The molecule has 1 rings (SSSR count). The van der Waals surface area contributed by atoms with Gasteiger partial charge in [0.25, 0.3) is 0 Å². The molecule has 0 heterocycles. The second kappa shape index (κ2) is 5.18. The minimum Gasteiger partial charge on any atom is -0.466 e. The molecule has 6 heteroatoms. The van der Waals surface area contributed by atoms with Gasteiger partial charge in [-0.25, -0.2) is 0 Å². The fourth-order valence-electron chi connectivity index (χ4n) is 1.97. The Hall–Kier alpha value is -1.26. The Labute approximate surface area is 94.2 Å². The SMILES string of the molecule is CCOC(=O)[C@H]1CC[C@@](C)(N=[N+]=[N-])[C@H](O)C1. The maximum absolute atomic E-state index is 11.5. The van der Waals surface area contributed by atoms with Crippen molar-refractivity contribution in [3.63, 3.8) is 0 Å². The van der Waals surface area contributed by atoms with Crippen LogP contribution in [0.4, 0.5) is 0 Å². The van der Waals surface area contributed by atoms with Crippen molar-refractivity contribution in [2.75, 3.05) is 6.61 Å². The predicted octanol–water partition coefficient (Wildman–Crippen LogP) is 1.78. The van der Waals surface area contributed by atoms with Gasteiger partial charge in [-0.2, -0.15) is 0 Å². The third-order valence-corrected chi connectivity index (χ3v) is 3.12. The normalized spacial score (nSPS) is 33.9. The molecule has 0 radical (unpaired) electrons. The van der Waals surface area contributed by atoms with Crippen LogP contribution in [0.3, 0.4) is 0 Å². The number of aliphatic hydroxyl groups excluding tert-OH is 1. The van der Waals surface area contributed by atoms with E-state index in [1.807, 2.05) is 0 Å². The number of hydrogen-bond donors (Lipinski definition) is 1. The van der Waals surface area contributed by atoms with Crippen LogP contribution < -0.4 is 0 Å². The summed E-state index contributed by atoms with van der Waals surface area (Å²) in [6, 6.07) is 0. The molecular formula is C10H17N3O3. The van der Waals surface area contributed by atoms with Crippen molar-refractivity contribution in [1.82, 2.24) is 0 Å². The van der Waals surface area contributed by atoms with Crippen LogP contribution in [0.25, 0.3) is 10.4 Å². The summed E-state index contributed by atoms with van der Waals surface area (Å²) in [5, 5.41) is 13.5. The van der Waals surface area contributed by atoms with E-state index in [9.17, 15) is 9.90 Å². The molecule has 6 nitrogen and oxygen atoms in total. The lowest BCUT2D eigenvalue weighted by molar-refractivity contribution is -0.151. The second-order valence-corrected chi connectivity index (χ2v) is 4.29. The Kier molecular flexibility index (Phi) is 4.15. The van der Waals surface area contributed by atoms with Crippen LogP contribution in [-0.2, 0) is 9.53 Å². The highest BCUT2D eigenvalue weighted by Gasteiger charge is 2.41. The van der Waals surface area contributed by atoms with E-state index in [1.165, 1.54) is 0 Å². The first kappa shape index (κ1) is 12.8. The van der Waals surface area contributed by atoms with Gasteiger partial charge in [0.1, 0.15) is 0 Å². The molecule has 1 aliphatic carbocycles. The number of aliphatic hydroxyl groups is 1. The summed E-state index contributed by atoms with van der Waals surface area (Å²) < 4.78 is 4.90. The summed E-state index contributed by atoms with van der Waals surface area (Å²) in [6.07, 6.45) is 0.605. The van der Waals surface area contributed by atoms with Crippen molar-refractivity contribution in [3.05, 3.63) is 10.4 Å². The first-order chi connectivity index (χ1) is 7.53. The van der Waals surface area contributed by atoms with Gasteiger partial charge >= 0.3 is 5.97 Å². The van der Waals surface area contributed by atoms with Crippen LogP contribution >= 0.6 is 0 Å². The molecule has 0 spiro atoms. The van der Waals surface area contributed by atoms with Crippen LogP contribution in [0.1, 0.15) is 33.1 Å². The van der Waals surface area contributed by atoms with Gasteiger partial charge in [0, 0.05) is 4.91 Å². The fraction of sp³-hybridized carbons (Fsp3) is 0.900. The number of nitrogens with zero attached hydrogens (tertiary/aromatic N) is 3. The van der Waals surface area contributed by atoms with Crippen molar-refractivity contribution < 1.29 is 14.6 Å². The largest absolute Gasteiger partial charge is 0.466 e. The Balaban J connectivity index is 2.64. The van der Waals surface area contributed by atoms with Crippen LogP contribution in [0.15, 0.2) is 5.11 Å². The van der Waals surface area contributed by atoms with E-state index in [4.69, 9.17) is 10.3 Å². The van der Waals surface area contributed by atoms with Crippen molar-refractivity contribution >= 4 is 5.97 Å². The van der Waals surface area contributed by atoms with Crippen molar-refractivity contribution in [1.29, 1.82) is 0 Å². The number of azide groups is 1. The third kappa shape index (κ3) is 2.65. The summed E-state index contributed by atoms with van der Waals surface area (Å²) in [5.74, 6) is -0.554. The minimum atomic E-state index is -0.794. The van der Waals surface area contributed by atoms with Crippen LogP contribution in [0.2, 0.25) is 0 Å². The van der Waals surface area contributed by atoms with Gasteiger partial charge in [-0.3, -0.25) is 4.79 Å². The first-order valence-corrected chi connectivity index (χ1v) is 5.44. The maximum Gasteiger partial charge on any atom is 0.309 e. The third-order valence-electron chi connectivity index (χ3n) is 3.12. The molecule has 16 heavy (non-hydrogen) atoms. The molecule has 0 saturated heterocycles. The van der Waals surface area contributed by atoms with E-state index in [0.717, 1.165) is 0 Å². The Morgan fingerprint density at radius 1 is 1.75 bits per heavy atom. The van der Waals surface area contributed by atoms with Crippen LogP contribution in [-0.4, -0.2) is 29.3 Å². The Morgan fingerprint density at radius 2 is 2.44 bits per heavy atom. The number of ether oxygens (including phenoxy) is 1. The second-order valence-electron chi connectivity index (χ2n) is 4.29. The van der Waals surface area contributed by atoms with Gasteiger partial charge in [-0.15, -0.1) is 0 Å². The average molecular weight is 227 g/mol. The van der Waals surface area contributed by atoms with Gasteiger partial charge in [0.15, 0.2) is 0 Å². The zero-order valence-electron chi connectivity index (χ0n) is 9.59. The molecule has 0 aromatic carbocycles. The predicted molar refractivity (Wildman–Crippen MR) is 57.5 cm³/mol. The zero-order chi connectivity index (χ0) is 12.2. The highest BCUT2D eigenvalue weighted by Crippen LogP contribution is 2.35. The highest BCUT2D eigenvalue weighted by atomic mass is 16.5. The van der Waals surface area contributed by atoms with Gasteiger partial charge in [0.2, 0.25) is 0 Å². The summed E-state index contributed by atoms with van der Waals surface area (Å²) in [4.78, 5) is 14.2. The molecule has 1 saturated carbocycles. The molecule has 1 N–H and O–H groups in total. The summed E-state index contributed by atoms with van der Waals surface area (Å²) in [5.41, 5.74) is 7.62. The number of esters is 1. The van der Waals surface area contributed by atoms with Crippen molar-refractivity contribution in [3.8, 4) is 0 Å². The molecular weight excluding hydrogens is 210 g/mol. The molecule has 0 amide bonds. The number of carbonyl (C=O) groups excluding carboxylic acids is 1. The molecule has 1 fully saturated rings. The van der Waals surface area contributed by atoms with E-state index in [2.05, 4.69) is 10.0 Å². The highest BCUT2D eigenvalue weighted by molar-refractivity contribution is 5.72. The quantitative estimate of drug-likeness (QED) is 0.344. The smallest absolute Gasteiger partial charge is 0.309 e. The first-order valence-electron chi connectivity index (χ1n) is 5.44. The lowest BCUT2D eigenvalue weighted by atomic mass is 9.76. The topological polar surface area (TPSA) is 95.3 Å². The molecule has 3 atom stereocenters. The molecule has 0 bridgehead atoms. The zero-order valence-corrected chi connectivity index (χ0v) is 9.59. The molecule has 0 aliphatic heterocycles. The van der Waals surface area contributed by atoms with Crippen molar-refractivity contribution in [2.24, 2.45) is 11.0 Å². The van der Waals surface area contributed by atoms with Gasteiger partial charge in [0.05, 0.1) is 24.2 Å². The monoisotopic (exact) mass is 227 g/mol. The molecule has 0 aromatic heterocycles. The van der Waals surface area contributed by atoms with E-state index >= 15 is 0 Å². The Morgan fingerprint density at radius 3 is 2.94 bits per heavy atom. The maximum atomic E-state index is 11.5. The van der Waals surface area contributed by atoms with Crippen molar-refractivity contribution in [2.45, 2.75) is 44.8 Å². The molecule has 0 aromatic rings. The van der Waals surface area contributed by atoms with Gasteiger partial charge in [-0.05, 0) is 31.7 Å². The van der Waals surface area contributed by atoms with E-state index in [1.54, 1.807) is 13.8 Å². The lowest BCUT2D eigenvalue weighted by Gasteiger charge is -2.37. The van der Waals surface area contributed by atoms with Gasteiger partial charge in [-0.1, -0.05) is 12.0 Å². The molecule has 90 valence electrons. The number of carbonyl (C=O) groups is 1. The van der Waals surface area contributed by atoms with Crippen LogP contribution in [0, 0.1) is 5.92 Å². The van der Waals surface area contributed by atoms with E-state index in [0.29, 0.717) is 25.9 Å². The lowest BCUT2D eigenvalue weighted by Crippen LogP contribution is -2.44. The van der Waals surface area contributed by atoms with Crippen LogP contribution in [0.5, 0.6) is 0 Å².